The van der Waals surface area contributed by atoms with Crippen LogP contribution in [0.3, 0.4) is 0 Å². The molecule has 166 valence electrons. The van der Waals surface area contributed by atoms with Crippen LogP contribution < -0.4 is 0 Å². The molecule has 2 heterocycles. The molecule has 2 aromatic rings. The van der Waals surface area contributed by atoms with Crippen molar-refractivity contribution in [2.45, 2.75) is 46.0 Å². The van der Waals surface area contributed by atoms with Crippen LogP contribution >= 0.6 is 0 Å². The summed E-state index contributed by atoms with van der Waals surface area (Å²) in [5.74, 6) is 0.338. The van der Waals surface area contributed by atoms with Crippen LogP contribution in [-0.2, 0) is 16.0 Å². The van der Waals surface area contributed by atoms with Gasteiger partial charge in [-0.2, -0.15) is 0 Å². The minimum absolute atomic E-state index is 0.0351. The second-order valence-corrected chi connectivity index (χ2v) is 8.93. The zero-order chi connectivity index (χ0) is 22.4. The molecule has 3 rings (SSSR count). The predicted octanol–water partition coefficient (Wildman–Crippen LogP) is 4.42. The van der Waals surface area contributed by atoms with Gasteiger partial charge in [0.1, 0.15) is 0 Å². The normalized spacial score (nSPS) is 18.8. The second kappa shape index (κ2) is 10.1. The molecule has 1 unspecified atom stereocenters. The highest BCUT2D eigenvalue weighted by Crippen LogP contribution is 2.38. The molecule has 2 amide bonds. The van der Waals surface area contributed by atoms with Crippen molar-refractivity contribution in [3.8, 4) is 11.1 Å². The molecule has 5 heteroatoms. The first-order valence-electron chi connectivity index (χ1n) is 11.4. The molecule has 0 bridgehead atoms. The van der Waals surface area contributed by atoms with Crippen LogP contribution in [0, 0.1) is 11.3 Å². The molecule has 31 heavy (non-hydrogen) atoms. The molecule has 0 aliphatic carbocycles. The van der Waals surface area contributed by atoms with Gasteiger partial charge in [0.25, 0.3) is 0 Å². The topological polar surface area (TPSA) is 53.5 Å². The van der Waals surface area contributed by atoms with Gasteiger partial charge < -0.3 is 9.80 Å². The van der Waals surface area contributed by atoms with E-state index in [2.05, 4.69) is 37.0 Å². The zero-order valence-corrected chi connectivity index (χ0v) is 19.3. The maximum atomic E-state index is 13.5. The predicted molar refractivity (Wildman–Crippen MR) is 124 cm³/mol. The van der Waals surface area contributed by atoms with E-state index < -0.39 is 5.41 Å². The number of benzene rings is 1. The molecule has 1 aliphatic rings. The van der Waals surface area contributed by atoms with Gasteiger partial charge in [0, 0.05) is 51.1 Å². The van der Waals surface area contributed by atoms with E-state index >= 15 is 0 Å². The standard InChI is InChI=1S/C26H35N3O2/c1-5-20(6-2)24(30)29-16-10-14-26(19-29,25(31)28(3)4)17-21-11-7-8-13-23(21)22-12-9-15-27-18-22/h7-9,11-13,15,18,20H,5-6,10,14,16-17,19H2,1-4H3. The van der Waals surface area contributed by atoms with Crippen LogP contribution in [-0.4, -0.2) is 53.8 Å². The Morgan fingerprint density at radius 2 is 1.87 bits per heavy atom. The molecule has 1 atom stereocenters. The van der Waals surface area contributed by atoms with Crippen LogP contribution in [0.15, 0.2) is 48.8 Å². The van der Waals surface area contributed by atoms with Gasteiger partial charge in [0.2, 0.25) is 11.8 Å². The van der Waals surface area contributed by atoms with Gasteiger partial charge in [-0.1, -0.05) is 44.2 Å². The number of aromatic nitrogens is 1. The Bertz CT molecular complexity index is 893. The number of rotatable bonds is 7. The summed E-state index contributed by atoms with van der Waals surface area (Å²) in [4.78, 5) is 34.6. The van der Waals surface area contributed by atoms with E-state index in [1.54, 1.807) is 11.1 Å². The van der Waals surface area contributed by atoms with Gasteiger partial charge in [-0.3, -0.25) is 14.6 Å². The fourth-order valence-electron chi connectivity index (χ4n) is 4.93. The smallest absolute Gasteiger partial charge is 0.230 e. The van der Waals surface area contributed by atoms with Crippen molar-refractivity contribution in [2.75, 3.05) is 27.2 Å². The third-order valence-electron chi connectivity index (χ3n) is 6.60. The highest BCUT2D eigenvalue weighted by molar-refractivity contribution is 5.85. The van der Waals surface area contributed by atoms with E-state index in [9.17, 15) is 9.59 Å². The first-order valence-corrected chi connectivity index (χ1v) is 11.4. The first kappa shape index (κ1) is 23.0. The Morgan fingerprint density at radius 1 is 1.13 bits per heavy atom. The van der Waals surface area contributed by atoms with E-state index in [0.29, 0.717) is 13.0 Å². The molecule has 1 saturated heterocycles. The number of amides is 2. The van der Waals surface area contributed by atoms with Gasteiger partial charge in [-0.05, 0) is 49.3 Å². The van der Waals surface area contributed by atoms with Gasteiger partial charge in [0.05, 0.1) is 5.41 Å². The number of carbonyl (C=O) groups excluding carboxylic acids is 2. The van der Waals surface area contributed by atoms with Crippen molar-refractivity contribution in [1.29, 1.82) is 0 Å². The summed E-state index contributed by atoms with van der Waals surface area (Å²) in [5.41, 5.74) is 2.67. The lowest BCUT2D eigenvalue weighted by molar-refractivity contribution is -0.149. The maximum absolute atomic E-state index is 13.5. The molecule has 0 saturated carbocycles. The Hall–Kier alpha value is -2.69. The van der Waals surface area contributed by atoms with Crippen molar-refractivity contribution < 1.29 is 9.59 Å². The van der Waals surface area contributed by atoms with Crippen molar-refractivity contribution >= 4 is 11.8 Å². The van der Waals surface area contributed by atoms with Crippen LogP contribution in [0.1, 0.15) is 45.1 Å². The molecule has 0 radical (unpaired) electrons. The molecule has 1 aromatic carbocycles. The SMILES string of the molecule is CCC(CC)C(=O)N1CCCC(Cc2ccccc2-c2cccnc2)(C(=O)N(C)C)C1. The highest BCUT2D eigenvalue weighted by Gasteiger charge is 2.45. The van der Waals surface area contributed by atoms with Gasteiger partial charge in [-0.15, -0.1) is 0 Å². The summed E-state index contributed by atoms with van der Waals surface area (Å²) < 4.78 is 0. The van der Waals surface area contributed by atoms with Gasteiger partial charge in [0.15, 0.2) is 0 Å². The van der Waals surface area contributed by atoms with Crippen LogP contribution in [0.5, 0.6) is 0 Å². The van der Waals surface area contributed by atoms with E-state index in [1.807, 2.05) is 43.4 Å². The molecule has 1 aliphatic heterocycles. The summed E-state index contributed by atoms with van der Waals surface area (Å²) >= 11 is 0. The lowest BCUT2D eigenvalue weighted by Gasteiger charge is -2.44. The number of likely N-dealkylation sites (tertiary alicyclic amines) is 1. The first-order chi connectivity index (χ1) is 14.9. The molecule has 5 nitrogen and oxygen atoms in total. The number of hydrogen-bond acceptors (Lipinski definition) is 3. The Labute approximate surface area is 186 Å². The van der Waals surface area contributed by atoms with E-state index in [4.69, 9.17) is 0 Å². The van der Waals surface area contributed by atoms with Gasteiger partial charge >= 0.3 is 0 Å². The average Bonchev–Trinajstić information content (AvgIpc) is 2.80. The monoisotopic (exact) mass is 421 g/mol. The molecular weight excluding hydrogens is 386 g/mol. The zero-order valence-electron chi connectivity index (χ0n) is 19.3. The lowest BCUT2D eigenvalue weighted by atomic mass is 9.72. The van der Waals surface area contributed by atoms with Crippen molar-refractivity contribution in [1.82, 2.24) is 14.8 Å². The molecular formula is C26H35N3O2. The van der Waals surface area contributed by atoms with Crippen LogP contribution in [0.25, 0.3) is 11.1 Å². The summed E-state index contributed by atoms with van der Waals surface area (Å²) in [6, 6.07) is 12.2. The van der Waals surface area contributed by atoms with Crippen LogP contribution in [0.2, 0.25) is 0 Å². The third-order valence-corrected chi connectivity index (χ3v) is 6.60. The molecule has 0 N–H and O–H groups in total. The minimum atomic E-state index is -0.609. The number of carbonyl (C=O) groups is 2. The van der Waals surface area contributed by atoms with E-state index in [-0.39, 0.29) is 17.7 Å². The van der Waals surface area contributed by atoms with Crippen molar-refractivity contribution in [3.63, 3.8) is 0 Å². The second-order valence-electron chi connectivity index (χ2n) is 8.93. The summed E-state index contributed by atoms with van der Waals surface area (Å²) in [7, 11) is 3.64. The maximum Gasteiger partial charge on any atom is 0.230 e. The van der Waals surface area contributed by atoms with E-state index in [0.717, 1.165) is 48.9 Å². The number of piperidine rings is 1. The number of hydrogen-bond donors (Lipinski definition) is 0. The number of pyridine rings is 1. The Kier molecular flexibility index (Phi) is 7.47. The fraction of sp³-hybridized carbons (Fsp3) is 0.500. The third kappa shape index (κ3) is 4.97. The molecule has 0 spiro atoms. The quantitative estimate of drug-likeness (QED) is 0.665. The summed E-state index contributed by atoms with van der Waals surface area (Å²) in [5, 5.41) is 0. The summed E-state index contributed by atoms with van der Waals surface area (Å²) in [6.07, 6.45) is 7.56. The highest BCUT2D eigenvalue weighted by atomic mass is 16.2. The lowest BCUT2D eigenvalue weighted by Crippen LogP contribution is -2.55. The summed E-state index contributed by atoms with van der Waals surface area (Å²) in [6.45, 7) is 5.36. The van der Waals surface area contributed by atoms with Crippen LogP contribution in [0.4, 0.5) is 0 Å². The van der Waals surface area contributed by atoms with Crippen molar-refractivity contribution in [3.05, 3.63) is 54.4 Å². The molecule has 1 aromatic heterocycles. The van der Waals surface area contributed by atoms with E-state index in [1.165, 1.54) is 0 Å². The minimum Gasteiger partial charge on any atom is -0.348 e. The molecule has 1 fully saturated rings. The Balaban J connectivity index is 1.98. The van der Waals surface area contributed by atoms with Crippen molar-refractivity contribution in [2.24, 2.45) is 11.3 Å². The average molecular weight is 422 g/mol. The Morgan fingerprint density at radius 3 is 2.52 bits per heavy atom. The largest absolute Gasteiger partial charge is 0.348 e. The fourth-order valence-corrected chi connectivity index (χ4v) is 4.93. The van der Waals surface area contributed by atoms with Gasteiger partial charge in [-0.25, -0.2) is 0 Å². The number of nitrogens with zero attached hydrogens (tertiary/aromatic N) is 3.